The highest BCUT2D eigenvalue weighted by Crippen LogP contribution is 2.38. The van der Waals surface area contributed by atoms with Gasteiger partial charge in [-0.05, 0) is 44.2 Å². The van der Waals surface area contributed by atoms with Crippen molar-refractivity contribution in [2.75, 3.05) is 20.8 Å². The molecule has 0 atom stereocenters. The van der Waals surface area contributed by atoms with Gasteiger partial charge in [-0.25, -0.2) is 0 Å². The molecule has 0 amide bonds. The third kappa shape index (κ3) is 3.79. The summed E-state index contributed by atoms with van der Waals surface area (Å²) in [5.41, 5.74) is 1.15. The smallest absolute Gasteiger partial charge is 0.163 e. The lowest BCUT2D eigenvalue weighted by Crippen LogP contribution is -2.00. The van der Waals surface area contributed by atoms with Crippen molar-refractivity contribution in [3.63, 3.8) is 0 Å². The van der Waals surface area contributed by atoms with E-state index in [1.54, 1.807) is 56.8 Å². The van der Waals surface area contributed by atoms with Gasteiger partial charge in [0, 0.05) is 17.6 Å². The van der Waals surface area contributed by atoms with Crippen molar-refractivity contribution < 1.29 is 23.7 Å². The molecule has 6 heteroatoms. The minimum Gasteiger partial charge on any atom is -0.494 e. The highest BCUT2D eigenvalue weighted by Gasteiger charge is 2.15. The van der Waals surface area contributed by atoms with Gasteiger partial charge in [0.1, 0.15) is 17.2 Å². The number of rotatable bonds is 7. The first kappa shape index (κ1) is 18.5. The maximum absolute atomic E-state index is 12.1. The van der Waals surface area contributed by atoms with Crippen LogP contribution in [0.25, 0.3) is 10.9 Å². The lowest BCUT2D eigenvalue weighted by atomic mass is 10.1. The molecule has 2 aromatic carbocycles. The SMILES string of the molecule is CCOc1ccc(Oc2ccnc3cc(OC)c(OC)cc23)c(C(C)=O)c1. The van der Waals surface area contributed by atoms with Crippen molar-refractivity contribution in [1.82, 2.24) is 4.98 Å². The van der Waals surface area contributed by atoms with Gasteiger partial charge in [-0.3, -0.25) is 9.78 Å². The Bertz CT molecular complexity index is 984. The molecule has 27 heavy (non-hydrogen) atoms. The molecule has 3 aromatic rings. The fourth-order valence-corrected chi connectivity index (χ4v) is 2.78. The molecule has 0 aliphatic heterocycles. The number of ether oxygens (including phenoxy) is 4. The summed E-state index contributed by atoms with van der Waals surface area (Å²) < 4.78 is 22.3. The largest absolute Gasteiger partial charge is 0.494 e. The van der Waals surface area contributed by atoms with Crippen molar-refractivity contribution in [3.8, 4) is 28.7 Å². The molecular weight excluding hydrogens is 346 g/mol. The lowest BCUT2D eigenvalue weighted by molar-refractivity contribution is 0.101. The molecule has 1 aromatic heterocycles. The monoisotopic (exact) mass is 367 g/mol. The molecule has 0 saturated carbocycles. The Labute approximate surface area is 157 Å². The van der Waals surface area contributed by atoms with E-state index in [0.717, 1.165) is 5.39 Å². The Morgan fingerprint density at radius 1 is 0.963 bits per heavy atom. The Hall–Kier alpha value is -3.28. The van der Waals surface area contributed by atoms with Gasteiger partial charge in [0.25, 0.3) is 0 Å². The summed E-state index contributed by atoms with van der Waals surface area (Å²) in [6, 6.07) is 10.5. The van der Waals surface area contributed by atoms with Crippen LogP contribution in [0, 0.1) is 0 Å². The number of fused-ring (bicyclic) bond motifs is 1. The third-order valence-electron chi connectivity index (χ3n) is 4.07. The second kappa shape index (κ2) is 7.95. The standard InChI is InChI=1S/C21H21NO5/c1-5-26-14-6-7-18(15(10-14)13(2)23)27-19-8-9-22-17-12-21(25-4)20(24-3)11-16(17)19/h6-12H,5H2,1-4H3. The zero-order chi connectivity index (χ0) is 19.4. The summed E-state index contributed by atoms with van der Waals surface area (Å²) in [7, 11) is 3.14. The van der Waals surface area contributed by atoms with Crippen molar-refractivity contribution in [3.05, 3.63) is 48.2 Å². The predicted octanol–water partition coefficient (Wildman–Crippen LogP) is 4.65. The highest BCUT2D eigenvalue weighted by atomic mass is 16.5. The number of pyridine rings is 1. The summed E-state index contributed by atoms with van der Waals surface area (Å²) in [4.78, 5) is 16.4. The Morgan fingerprint density at radius 2 is 1.70 bits per heavy atom. The van der Waals surface area contributed by atoms with E-state index < -0.39 is 0 Å². The van der Waals surface area contributed by atoms with Gasteiger partial charge in [0.2, 0.25) is 0 Å². The average Bonchev–Trinajstić information content (AvgIpc) is 2.68. The lowest BCUT2D eigenvalue weighted by Gasteiger charge is -2.14. The van der Waals surface area contributed by atoms with Crippen LogP contribution < -0.4 is 18.9 Å². The van der Waals surface area contributed by atoms with Gasteiger partial charge >= 0.3 is 0 Å². The maximum Gasteiger partial charge on any atom is 0.163 e. The van der Waals surface area contributed by atoms with E-state index in [-0.39, 0.29) is 5.78 Å². The van der Waals surface area contributed by atoms with Crippen molar-refractivity contribution in [2.45, 2.75) is 13.8 Å². The van der Waals surface area contributed by atoms with E-state index in [0.29, 0.717) is 46.4 Å². The minimum absolute atomic E-state index is 0.107. The van der Waals surface area contributed by atoms with Crippen LogP contribution >= 0.6 is 0 Å². The topological polar surface area (TPSA) is 66.9 Å². The number of aromatic nitrogens is 1. The van der Waals surface area contributed by atoms with Crippen LogP contribution in [-0.2, 0) is 0 Å². The minimum atomic E-state index is -0.107. The molecule has 3 rings (SSSR count). The number of hydrogen-bond donors (Lipinski definition) is 0. The Kier molecular flexibility index (Phi) is 5.45. The van der Waals surface area contributed by atoms with E-state index in [4.69, 9.17) is 18.9 Å². The Morgan fingerprint density at radius 3 is 2.37 bits per heavy atom. The van der Waals surface area contributed by atoms with Gasteiger partial charge in [-0.1, -0.05) is 0 Å². The van der Waals surface area contributed by atoms with Crippen LogP contribution in [0.3, 0.4) is 0 Å². The van der Waals surface area contributed by atoms with E-state index in [1.807, 2.05) is 6.92 Å². The van der Waals surface area contributed by atoms with Gasteiger partial charge in [-0.2, -0.15) is 0 Å². The van der Waals surface area contributed by atoms with Gasteiger partial charge in [-0.15, -0.1) is 0 Å². The number of Topliss-reactive ketones (excluding diaryl/α,β-unsaturated/α-hetero) is 1. The van der Waals surface area contributed by atoms with Crippen LogP contribution in [0.1, 0.15) is 24.2 Å². The summed E-state index contributed by atoms with van der Waals surface area (Å²) in [5.74, 6) is 2.69. The number of benzene rings is 2. The quantitative estimate of drug-likeness (QED) is 0.567. The molecule has 0 radical (unpaired) electrons. The average molecular weight is 367 g/mol. The fraction of sp³-hybridized carbons (Fsp3) is 0.238. The summed E-state index contributed by atoms with van der Waals surface area (Å²) >= 11 is 0. The molecular formula is C21H21NO5. The van der Waals surface area contributed by atoms with E-state index in [2.05, 4.69) is 4.98 Å². The molecule has 0 N–H and O–H groups in total. The molecule has 0 unspecified atom stereocenters. The van der Waals surface area contributed by atoms with Crippen molar-refractivity contribution in [2.24, 2.45) is 0 Å². The molecule has 0 spiro atoms. The number of ketones is 1. The zero-order valence-electron chi connectivity index (χ0n) is 15.7. The molecule has 0 aliphatic carbocycles. The van der Waals surface area contributed by atoms with Gasteiger partial charge in [0.05, 0.1) is 31.9 Å². The Balaban J connectivity index is 2.08. The molecule has 0 fully saturated rings. The summed E-state index contributed by atoms with van der Waals surface area (Å²) in [6.07, 6.45) is 1.64. The molecule has 0 saturated heterocycles. The first-order valence-electron chi connectivity index (χ1n) is 8.53. The summed E-state index contributed by atoms with van der Waals surface area (Å²) in [5, 5.41) is 0.749. The summed E-state index contributed by atoms with van der Waals surface area (Å²) in [6.45, 7) is 3.91. The number of carbonyl (C=O) groups is 1. The predicted molar refractivity (Wildman–Crippen MR) is 103 cm³/mol. The van der Waals surface area contributed by atoms with Gasteiger partial charge < -0.3 is 18.9 Å². The second-order valence-corrected chi connectivity index (χ2v) is 5.78. The molecule has 0 aliphatic rings. The van der Waals surface area contributed by atoms with E-state index in [9.17, 15) is 4.79 Å². The number of carbonyl (C=O) groups excluding carboxylic acids is 1. The number of hydrogen-bond acceptors (Lipinski definition) is 6. The number of methoxy groups -OCH3 is 2. The maximum atomic E-state index is 12.1. The zero-order valence-corrected chi connectivity index (χ0v) is 15.7. The first-order chi connectivity index (χ1) is 13.1. The third-order valence-corrected chi connectivity index (χ3v) is 4.07. The van der Waals surface area contributed by atoms with Crippen molar-refractivity contribution in [1.29, 1.82) is 0 Å². The second-order valence-electron chi connectivity index (χ2n) is 5.78. The van der Waals surface area contributed by atoms with E-state index in [1.165, 1.54) is 6.92 Å². The van der Waals surface area contributed by atoms with Crippen LogP contribution in [0.4, 0.5) is 0 Å². The van der Waals surface area contributed by atoms with Crippen molar-refractivity contribution >= 4 is 16.7 Å². The van der Waals surface area contributed by atoms with Crippen LogP contribution in [0.2, 0.25) is 0 Å². The molecule has 6 nitrogen and oxygen atoms in total. The van der Waals surface area contributed by atoms with Crippen LogP contribution in [-0.4, -0.2) is 31.6 Å². The molecule has 140 valence electrons. The van der Waals surface area contributed by atoms with Gasteiger partial charge in [0.15, 0.2) is 17.3 Å². The molecule has 0 bridgehead atoms. The van der Waals surface area contributed by atoms with Crippen LogP contribution in [0.5, 0.6) is 28.7 Å². The van der Waals surface area contributed by atoms with E-state index >= 15 is 0 Å². The highest BCUT2D eigenvalue weighted by molar-refractivity contribution is 5.97. The first-order valence-corrected chi connectivity index (χ1v) is 8.53. The number of nitrogens with zero attached hydrogens (tertiary/aromatic N) is 1. The molecule has 1 heterocycles. The van der Waals surface area contributed by atoms with Crippen LogP contribution in [0.15, 0.2) is 42.6 Å². The fourth-order valence-electron chi connectivity index (χ4n) is 2.78. The normalized spacial score (nSPS) is 10.5.